The van der Waals surface area contributed by atoms with Gasteiger partial charge in [0.15, 0.2) is 0 Å². The molecule has 4 rings (SSSR count). The standard InChI is InChI=1S/C34H65N3O2/c1-24(2)11-8-12-25(3)27-14-15-28-26-23-30(37-22-10-21-36-20-7-6-19-35)34(39)17-9-13-31(38)33(34,5)29(26)16-18-32(27,28)4/h24-31,36-39H,6-23,35H2,1-5H3/t25-,26+,27-,28+,29+,30-,31?,32-,33+,34+/m1/s1. The SMILES string of the molecule is CC(C)CCC[C@@H](C)[C@H]1CC[C@H]2[C@@H]3C[C@@H](NCCCNCCCCN)[C@@]4(O)CCCC(O)[C@]4(C)[C@H]3CC[C@]12C. The van der Waals surface area contributed by atoms with Gasteiger partial charge in [0.2, 0.25) is 0 Å². The highest BCUT2D eigenvalue weighted by Crippen LogP contribution is 2.69. The predicted molar refractivity (Wildman–Crippen MR) is 163 cm³/mol. The molecule has 0 radical (unpaired) electrons. The Morgan fingerprint density at radius 3 is 2.38 bits per heavy atom. The van der Waals surface area contributed by atoms with Crippen LogP contribution in [0.1, 0.15) is 125 Å². The van der Waals surface area contributed by atoms with E-state index >= 15 is 0 Å². The second kappa shape index (κ2) is 13.4. The van der Waals surface area contributed by atoms with Crippen LogP contribution in [0.2, 0.25) is 0 Å². The zero-order chi connectivity index (χ0) is 28.3. The summed E-state index contributed by atoms with van der Waals surface area (Å²) in [6.45, 7) is 15.9. The molecule has 4 saturated carbocycles. The van der Waals surface area contributed by atoms with E-state index in [1.807, 2.05) is 0 Å². The Morgan fingerprint density at radius 2 is 1.64 bits per heavy atom. The third-order valence-electron chi connectivity index (χ3n) is 12.9. The lowest BCUT2D eigenvalue weighted by atomic mass is 9.41. The molecule has 0 aromatic rings. The lowest BCUT2D eigenvalue weighted by Gasteiger charge is -2.67. The Morgan fingerprint density at radius 1 is 0.872 bits per heavy atom. The van der Waals surface area contributed by atoms with Crippen LogP contribution in [-0.2, 0) is 0 Å². The van der Waals surface area contributed by atoms with Crippen LogP contribution in [0.3, 0.4) is 0 Å². The summed E-state index contributed by atoms with van der Waals surface area (Å²) in [5.41, 5.74) is 4.82. The monoisotopic (exact) mass is 548 g/mol. The van der Waals surface area contributed by atoms with Gasteiger partial charge in [-0.2, -0.15) is 0 Å². The van der Waals surface area contributed by atoms with Crippen LogP contribution in [0.5, 0.6) is 0 Å². The first-order valence-corrected chi connectivity index (χ1v) is 17.1. The van der Waals surface area contributed by atoms with E-state index in [9.17, 15) is 10.2 Å². The van der Waals surface area contributed by atoms with Crippen LogP contribution in [0.4, 0.5) is 0 Å². The number of aliphatic hydroxyl groups excluding tert-OH is 1. The molecule has 6 N–H and O–H groups in total. The Labute approximate surface area is 241 Å². The first-order chi connectivity index (χ1) is 18.6. The van der Waals surface area contributed by atoms with Crippen molar-refractivity contribution in [3.05, 3.63) is 0 Å². The quantitative estimate of drug-likeness (QED) is 0.176. The number of rotatable bonds is 14. The summed E-state index contributed by atoms with van der Waals surface area (Å²) in [6, 6.07) is 0.0841. The zero-order valence-electron chi connectivity index (χ0n) is 26.3. The van der Waals surface area contributed by atoms with E-state index in [0.717, 1.165) is 94.8 Å². The van der Waals surface area contributed by atoms with E-state index in [1.54, 1.807) is 0 Å². The van der Waals surface area contributed by atoms with Crippen LogP contribution in [0, 0.1) is 46.3 Å². The molecule has 0 aromatic heterocycles. The highest BCUT2D eigenvalue weighted by atomic mass is 16.3. The average molecular weight is 548 g/mol. The van der Waals surface area contributed by atoms with E-state index in [4.69, 9.17) is 5.73 Å². The highest BCUT2D eigenvalue weighted by molar-refractivity contribution is 5.20. The van der Waals surface area contributed by atoms with Gasteiger partial charge in [0.05, 0.1) is 11.7 Å². The normalized spacial score (nSPS) is 42.7. The van der Waals surface area contributed by atoms with Crippen molar-refractivity contribution in [2.45, 2.75) is 142 Å². The zero-order valence-corrected chi connectivity index (χ0v) is 26.3. The molecule has 5 nitrogen and oxygen atoms in total. The topological polar surface area (TPSA) is 90.5 Å². The third kappa shape index (κ3) is 6.14. The van der Waals surface area contributed by atoms with Crippen molar-refractivity contribution < 1.29 is 10.2 Å². The van der Waals surface area contributed by atoms with Gasteiger partial charge in [-0.3, -0.25) is 0 Å². The number of hydrogen-bond donors (Lipinski definition) is 5. The molecule has 0 heterocycles. The van der Waals surface area contributed by atoms with E-state index in [1.165, 1.54) is 44.9 Å². The lowest BCUT2D eigenvalue weighted by Crippen LogP contribution is -2.73. The molecular formula is C34H65N3O2. The van der Waals surface area contributed by atoms with Crippen molar-refractivity contribution in [1.82, 2.24) is 10.6 Å². The molecule has 39 heavy (non-hydrogen) atoms. The third-order valence-corrected chi connectivity index (χ3v) is 12.9. The first kappa shape index (κ1) is 31.7. The second-order valence-corrected chi connectivity index (χ2v) is 15.4. The van der Waals surface area contributed by atoms with Gasteiger partial charge in [0.1, 0.15) is 0 Å². The predicted octanol–water partition coefficient (Wildman–Crippen LogP) is 5.87. The van der Waals surface area contributed by atoms with Gasteiger partial charge in [-0.05, 0) is 138 Å². The van der Waals surface area contributed by atoms with Gasteiger partial charge >= 0.3 is 0 Å². The Balaban J connectivity index is 1.46. The van der Waals surface area contributed by atoms with E-state index < -0.39 is 17.1 Å². The molecule has 4 aliphatic carbocycles. The van der Waals surface area contributed by atoms with Gasteiger partial charge in [-0.25, -0.2) is 0 Å². The van der Waals surface area contributed by atoms with Crippen LogP contribution in [0.25, 0.3) is 0 Å². The smallest absolute Gasteiger partial charge is 0.0880 e. The summed E-state index contributed by atoms with van der Waals surface area (Å²) in [5, 5.41) is 31.5. The fraction of sp³-hybridized carbons (Fsp3) is 1.00. The van der Waals surface area contributed by atoms with Crippen molar-refractivity contribution in [3.63, 3.8) is 0 Å². The van der Waals surface area contributed by atoms with Crippen molar-refractivity contribution in [1.29, 1.82) is 0 Å². The summed E-state index contributed by atoms with van der Waals surface area (Å²) >= 11 is 0. The molecule has 0 aromatic carbocycles. The van der Waals surface area contributed by atoms with Crippen molar-refractivity contribution in [3.8, 4) is 0 Å². The maximum absolute atomic E-state index is 12.5. The minimum absolute atomic E-state index is 0.0841. The van der Waals surface area contributed by atoms with Crippen LogP contribution < -0.4 is 16.4 Å². The van der Waals surface area contributed by atoms with Crippen LogP contribution in [-0.4, -0.2) is 54.1 Å². The lowest BCUT2D eigenvalue weighted by molar-refractivity contribution is -0.256. The first-order valence-electron chi connectivity index (χ1n) is 17.1. The molecule has 4 aliphatic rings. The number of nitrogens with two attached hydrogens (primary N) is 1. The highest BCUT2D eigenvalue weighted by Gasteiger charge is 2.69. The van der Waals surface area contributed by atoms with Gasteiger partial charge in [0, 0.05) is 11.5 Å². The molecule has 228 valence electrons. The summed E-state index contributed by atoms with van der Waals surface area (Å²) in [4.78, 5) is 0. The maximum atomic E-state index is 12.5. The molecule has 1 unspecified atom stereocenters. The Kier molecular flexibility index (Phi) is 10.9. The molecule has 4 fully saturated rings. The van der Waals surface area contributed by atoms with E-state index in [0.29, 0.717) is 17.3 Å². The van der Waals surface area contributed by atoms with E-state index in [2.05, 4.69) is 45.3 Å². The fourth-order valence-electron chi connectivity index (χ4n) is 10.7. The number of unbranched alkanes of at least 4 members (excludes halogenated alkanes) is 1. The van der Waals surface area contributed by atoms with Gasteiger partial charge in [-0.1, -0.05) is 53.9 Å². The van der Waals surface area contributed by atoms with Gasteiger partial charge in [0.25, 0.3) is 0 Å². The number of nitrogens with one attached hydrogen (secondary N) is 2. The van der Waals surface area contributed by atoms with Gasteiger partial charge < -0.3 is 26.6 Å². The van der Waals surface area contributed by atoms with Crippen molar-refractivity contribution in [2.24, 2.45) is 52.1 Å². The summed E-state index contributed by atoms with van der Waals surface area (Å²) in [5.74, 6) is 4.22. The summed E-state index contributed by atoms with van der Waals surface area (Å²) < 4.78 is 0. The second-order valence-electron chi connectivity index (χ2n) is 15.4. The van der Waals surface area contributed by atoms with Crippen LogP contribution in [0.15, 0.2) is 0 Å². The maximum Gasteiger partial charge on any atom is 0.0880 e. The summed E-state index contributed by atoms with van der Waals surface area (Å²) in [6.07, 6.45) is 15.9. The molecule has 0 saturated heterocycles. The number of hydrogen-bond acceptors (Lipinski definition) is 5. The number of fused-ring (bicyclic) bond motifs is 5. The molecular weight excluding hydrogens is 482 g/mol. The number of aliphatic hydroxyl groups is 2. The minimum atomic E-state index is -0.809. The fourth-order valence-corrected chi connectivity index (χ4v) is 10.7. The van der Waals surface area contributed by atoms with E-state index in [-0.39, 0.29) is 6.04 Å². The molecule has 10 atom stereocenters. The van der Waals surface area contributed by atoms with Crippen molar-refractivity contribution in [2.75, 3.05) is 26.2 Å². The average Bonchev–Trinajstić information content (AvgIpc) is 3.25. The molecule has 0 aliphatic heterocycles. The molecule has 0 amide bonds. The summed E-state index contributed by atoms with van der Waals surface area (Å²) in [7, 11) is 0. The molecule has 0 bridgehead atoms. The van der Waals surface area contributed by atoms with Gasteiger partial charge in [-0.15, -0.1) is 0 Å². The minimum Gasteiger partial charge on any atom is -0.392 e. The Bertz CT molecular complexity index is 763. The Hall–Kier alpha value is -0.200. The largest absolute Gasteiger partial charge is 0.392 e. The molecule has 0 spiro atoms. The van der Waals surface area contributed by atoms with Crippen LogP contribution >= 0.6 is 0 Å². The van der Waals surface area contributed by atoms with Crippen molar-refractivity contribution >= 4 is 0 Å². The molecule has 5 heteroatoms.